The lowest BCUT2D eigenvalue weighted by Gasteiger charge is -2.14. The summed E-state index contributed by atoms with van der Waals surface area (Å²) in [6.45, 7) is 8.13. The Morgan fingerprint density at radius 3 is 2.38 bits per heavy atom. The van der Waals surface area contributed by atoms with Crippen LogP contribution < -0.4 is 11.1 Å². The Balaban J connectivity index is 1.83. The van der Waals surface area contributed by atoms with Gasteiger partial charge in [0.2, 0.25) is 5.91 Å². The van der Waals surface area contributed by atoms with Crippen molar-refractivity contribution in [1.82, 2.24) is 4.98 Å². The summed E-state index contributed by atoms with van der Waals surface area (Å²) in [6.07, 6.45) is 0.239. The van der Waals surface area contributed by atoms with Crippen molar-refractivity contribution in [1.29, 1.82) is 10.5 Å². The second-order valence-corrected chi connectivity index (χ2v) is 9.48. The summed E-state index contributed by atoms with van der Waals surface area (Å²) >= 11 is 1.28. The average molecular weight is 470 g/mol. The summed E-state index contributed by atoms with van der Waals surface area (Å²) in [5, 5.41) is 23.0. The number of pyridine rings is 1. The molecule has 0 saturated carbocycles. The predicted molar refractivity (Wildman–Crippen MR) is 137 cm³/mol. The molecule has 1 aromatic heterocycles. The van der Waals surface area contributed by atoms with Crippen molar-refractivity contribution in [3.63, 3.8) is 0 Å². The number of rotatable bonds is 7. The molecule has 0 aliphatic rings. The number of nitrogens with zero attached hydrogens (tertiary/aromatic N) is 3. The summed E-state index contributed by atoms with van der Waals surface area (Å²) in [7, 11) is 0. The van der Waals surface area contributed by atoms with Crippen LogP contribution >= 0.6 is 11.8 Å². The van der Waals surface area contributed by atoms with E-state index < -0.39 is 0 Å². The van der Waals surface area contributed by atoms with Gasteiger partial charge in [0, 0.05) is 23.4 Å². The third kappa shape index (κ3) is 5.57. The molecule has 0 aliphatic carbocycles. The van der Waals surface area contributed by atoms with Crippen LogP contribution in [0, 0.1) is 36.5 Å². The summed E-state index contributed by atoms with van der Waals surface area (Å²) in [6, 6.07) is 18.0. The minimum Gasteiger partial charge on any atom is -0.383 e. The molecule has 34 heavy (non-hydrogen) atoms. The van der Waals surface area contributed by atoms with E-state index in [-0.39, 0.29) is 23.7 Å². The van der Waals surface area contributed by atoms with Crippen LogP contribution in [0.25, 0.3) is 11.1 Å². The maximum Gasteiger partial charge on any atom is 0.225 e. The van der Waals surface area contributed by atoms with Crippen molar-refractivity contribution in [2.24, 2.45) is 0 Å². The van der Waals surface area contributed by atoms with Crippen LogP contribution in [-0.2, 0) is 4.79 Å². The highest BCUT2D eigenvalue weighted by atomic mass is 32.2. The highest BCUT2D eigenvalue weighted by Gasteiger charge is 2.21. The molecule has 172 valence electrons. The molecule has 1 heterocycles. The molecule has 0 bridgehead atoms. The number of benzene rings is 2. The number of aryl methyl sites for hydroxylation is 2. The van der Waals surface area contributed by atoms with Gasteiger partial charge in [0.25, 0.3) is 0 Å². The zero-order valence-corrected chi connectivity index (χ0v) is 20.6. The largest absolute Gasteiger partial charge is 0.383 e. The number of nitriles is 2. The Morgan fingerprint density at radius 1 is 1.09 bits per heavy atom. The van der Waals surface area contributed by atoms with Crippen molar-refractivity contribution in [2.45, 2.75) is 45.1 Å². The molecule has 0 fully saturated rings. The van der Waals surface area contributed by atoms with Gasteiger partial charge in [-0.05, 0) is 48.1 Å². The van der Waals surface area contributed by atoms with E-state index in [0.717, 1.165) is 27.9 Å². The predicted octanol–water partition coefficient (Wildman–Crippen LogP) is 5.94. The van der Waals surface area contributed by atoms with Crippen LogP contribution in [0.4, 0.5) is 11.5 Å². The Bertz CT molecular complexity index is 1300. The topological polar surface area (TPSA) is 116 Å². The third-order valence-corrected chi connectivity index (χ3v) is 6.49. The normalized spacial score (nSPS) is 10.6. The molecule has 2 aromatic carbocycles. The van der Waals surface area contributed by atoms with Gasteiger partial charge in [-0.25, -0.2) is 4.98 Å². The number of amides is 1. The van der Waals surface area contributed by atoms with Crippen LogP contribution in [0.5, 0.6) is 0 Å². The van der Waals surface area contributed by atoms with E-state index in [1.165, 1.54) is 11.8 Å². The van der Waals surface area contributed by atoms with E-state index >= 15 is 0 Å². The molecule has 3 rings (SSSR count). The minimum atomic E-state index is -0.120. The summed E-state index contributed by atoms with van der Waals surface area (Å²) < 4.78 is 0. The maximum absolute atomic E-state index is 12.5. The van der Waals surface area contributed by atoms with Crippen molar-refractivity contribution < 1.29 is 4.79 Å². The highest BCUT2D eigenvalue weighted by molar-refractivity contribution is 7.99. The molecule has 3 N–H and O–H groups in total. The lowest BCUT2D eigenvalue weighted by molar-refractivity contribution is -0.115. The first-order valence-corrected chi connectivity index (χ1v) is 12.0. The van der Waals surface area contributed by atoms with Crippen LogP contribution in [0.2, 0.25) is 0 Å². The number of thioether (sulfide) groups is 1. The first-order chi connectivity index (χ1) is 16.2. The zero-order valence-electron chi connectivity index (χ0n) is 19.8. The molecule has 6 nitrogen and oxygen atoms in total. The van der Waals surface area contributed by atoms with Gasteiger partial charge in [-0.1, -0.05) is 50.2 Å². The molecule has 0 radical (unpaired) electrons. The van der Waals surface area contributed by atoms with Crippen molar-refractivity contribution in [3.05, 3.63) is 70.3 Å². The average Bonchev–Trinajstić information content (AvgIpc) is 2.81. The second-order valence-electron chi connectivity index (χ2n) is 8.39. The van der Waals surface area contributed by atoms with Crippen LogP contribution in [0.15, 0.2) is 47.5 Å². The Morgan fingerprint density at radius 2 is 1.76 bits per heavy atom. The first-order valence-electron chi connectivity index (χ1n) is 11.0. The van der Waals surface area contributed by atoms with Crippen LogP contribution in [0.3, 0.4) is 0 Å². The Kier molecular flexibility index (Phi) is 7.94. The molecular weight excluding hydrogens is 442 g/mol. The van der Waals surface area contributed by atoms with E-state index in [2.05, 4.69) is 36.3 Å². The fourth-order valence-corrected chi connectivity index (χ4v) is 4.49. The van der Waals surface area contributed by atoms with Gasteiger partial charge >= 0.3 is 0 Å². The number of nitrogens with two attached hydrogens (primary N) is 1. The number of hydrogen-bond donors (Lipinski definition) is 2. The van der Waals surface area contributed by atoms with Crippen LogP contribution in [-0.4, -0.2) is 16.6 Å². The fourth-order valence-electron chi connectivity index (χ4n) is 3.55. The van der Waals surface area contributed by atoms with E-state index in [1.807, 2.05) is 56.3 Å². The lowest BCUT2D eigenvalue weighted by atomic mass is 9.94. The van der Waals surface area contributed by atoms with E-state index in [9.17, 15) is 15.3 Å². The molecule has 0 spiro atoms. The van der Waals surface area contributed by atoms with Gasteiger partial charge in [-0.2, -0.15) is 10.5 Å². The van der Waals surface area contributed by atoms with Crippen LogP contribution in [0.1, 0.15) is 54.0 Å². The maximum atomic E-state index is 12.5. The van der Waals surface area contributed by atoms with Gasteiger partial charge in [0.15, 0.2) is 0 Å². The number of carbonyl (C=O) groups excluding carboxylic acids is 1. The van der Waals surface area contributed by atoms with Crippen molar-refractivity contribution >= 4 is 29.2 Å². The molecule has 3 aromatic rings. The zero-order chi connectivity index (χ0) is 24.8. The minimum absolute atomic E-state index is 0.0757. The third-order valence-electron chi connectivity index (χ3n) is 5.52. The standard InChI is InChI=1S/C27H27N5OS/c1-16(2)19-7-9-20(10-8-19)25-21(14-28)26(30)32-27(22(25)15-29)34-12-11-24(33)31-23-13-17(3)5-6-18(23)4/h5-10,13,16H,11-12H2,1-4H3,(H2,30,32)(H,31,33). The summed E-state index contributed by atoms with van der Waals surface area (Å²) in [5.41, 5.74) is 11.8. The highest BCUT2D eigenvalue weighted by Crippen LogP contribution is 2.36. The summed E-state index contributed by atoms with van der Waals surface area (Å²) in [5.74, 6) is 0.732. The monoisotopic (exact) mass is 469 g/mol. The quantitative estimate of drug-likeness (QED) is 0.414. The van der Waals surface area contributed by atoms with Crippen molar-refractivity contribution in [3.8, 4) is 23.3 Å². The number of nitrogens with one attached hydrogen (secondary N) is 1. The van der Waals surface area contributed by atoms with Gasteiger partial charge in [0.05, 0.1) is 5.56 Å². The van der Waals surface area contributed by atoms with Gasteiger partial charge in [-0.15, -0.1) is 11.8 Å². The lowest BCUT2D eigenvalue weighted by Crippen LogP contribution is -2.13. The number of hydrogen-bond acceptors (Lipinski definition) is 6. The fraction of sp³-hybridized carbons (Fsp3) is 0.259. The molecular formula is C27H27N5OS. The molecule has 0 aliphatic heterocycles. The van der Waals surface area contributed by atoms with E-state index in [1.54, 1.807) is 0 Å². The number of aromatic nitrogens is 1. The van der Waals surface area contributed by atoms with Crippen molar-refractivity contribution in [2.75, 3.05) is 16.8 Å². The second kappa shape index (κ2) is 10.9. The van der Waals surface area contributed by atoms with E-state index in [4.69, 9.17) is 5.73 Å². The Hall–Kier alpha value is -3.81. The molecule has 1 amide bonds. The molecule has 7 heteroatoms. The number of nitrogen functional groups attached to an aromatic ring is 1. The smallest absolute Gasteiger partial charge is 0.225 e. The molecule has 0 atom stereocenters. The first kappa shape index (κ1) is 24.8. The van der Waals surface area contributed by atoms with Gasteiger partial charge < -0.3 is 11.1 Å². The summed E-state index contributed by atoms with van der Waals surface area (Å²) in [4.78, 5) is 16.8. The SMILES string of the molecule is Cc1ccc(C)c(NC(=O)CCSc2nc(N)c(C#N)c(-c3ccc(C(C)C)cc3)c2C#N)c1. The number of carbonyl (C=O) groups is 1. The number of anilines is 2. The van der Waals surface area contributed by atoms with Gasteiger partial charge in [0.1, 0.15) is 28.5 Å². The molecule has 0 unspecified atom stereocenters. The van der Waals surface area contributed by atoms with Gasteiger partial charge in [-0.3, -0.25) is 4.79 Å². The molecule has 0 saturated heterocycles. The van der Waals surface area contributed by atoms with E-state index in [0.29, 0.717) is 27.8 Å². The Labute approximate surface area is 204 Å².